The Morgan fingerprint density at radius 1 is 1.20 bits per heavy atom. The van der Waals surface area contributed by atoms with Gasteiger partial charge < -0.3 is 14.6 Å². The van der Waals surface area contributed by atoms with Gasteiger partial charge in [-0.2, -0.15) is 0 Å². The number of halogens is 1. The molecule has 0 aliphatic carbocycles. The topological polar surface area (TPSA) is 57.8 Å². The molecular formula is C18H18ClN3O2S. The number of amidine groups is 1. The van der Waals surface area contributed by atoms with Crippen molar-refractivity contribution in [1.82, 2.24) is 5.32 Å². The van der Waals surface area contributed by atoms with Gasteiger partial charge in [-0.15, -0.1) is 0 Å². The molecule has 1 saturated heterocycles. The number of carbonyl (C=O) groups is 1. The van der Waals surface area contributed by atoms with Gasteiger partial charge in [-0.25, -0.2) is 4.99 Å². The lowest BCUT2D eigenvalue weighted by Crippen LogP contribution is -2.20. The molecule has 1 aromatic heterocycles. The molecule has 5 nitrogen and oxygen atoms in total. The summed E-state index contributed by atoms with van der Waals surface area (Å²) < 4.78 is 5.81. The van der Waals surface area contributed by atoms with E-state index in [1.807, 2.05) is 12.1 Å². The van der Waals surface area contributed by atoms with Crippen molar-refractivity contribution in [3.05, 3.63) is 52.1 Å². The number of nitrogens with zero attached hydrogens (tertiary/aromatic N) is 2. The number of benzene rings is 1. The molecule has 2 heterocycles. The SMILES string of the molecule is CCN(CC)c1ccc(/C=C2/SC(=Nc3ccc(Cl)cc3)NC2=O)o1. The first-order chi connectivity index (χ1) is 12.1. The molecule has 130 valence electrons. The standard InChI is InChI=1S/C18H18ClN3O2S/c1-3-22(4-2)16-10-9-14(24-16)11-15-17(23)21-18(25-15)20-13-7-5-12(19)6-8-13/h5-11H,3-4H2,1-2H3,(H,20,21,23)/b15-11+. The summed E-state index contributed by atoms with van der Waals surface area (Å²) in [6, 6.07) is 10.9. The number of amides is 1. The van der Waals surface area contributed by atoms with E-state index in [9.17, 15) is 4.79 Å². The largest absolute Gasteiger partial charge is 0.441 e. The van der Waals surface area contributed by atoms with Gasteiger partial charge in [-0.1, -0.05) is 11.6 Å². The molecule has 0 atom stereocenters. The van der Waals surface area contributed by atoms with Gasteiger partial charge in [0.1, 0.15) is 5.76 Å². The van der Waals surface area contributed by atoms with E-state index in [1.54, 1.807) is 30.3 Å². The number of thioether (sulfide) groups is 1. The maximum Gasteiger partial charge on any atom is 0.264 e. The Kier molecular flexibility index (Phi) is 5.50. The molecule has 0 radical (unpaired) electrons. The second-order valence-electron chi connectivity index (χ2n) is 5.31. The Hall–Kier alpha value is -2.18. The normalized spacial score (nSPS) is 17.3. The second kappa shape index (κ2) is 7.80. The highest BCUT2D eigenvalue weighted by atomic mass is 35.5. The summed E-state index contributed by atoms with van der Waals surface area (Å²) in [4.78, 5) is 19.2. The van der Waals surface area contributed by atoms with E-state index in [0.717, 1.165) is 24.7 Å². The van der Waals surface area contributed by atoms with E-state index in [2.05, 4.69) is 29.1 Å². The number of hydrogen-bond acceptors (Lipinski definition) is 5. The first-order valence-corrected chi connectivity index (χ1v) is 9.18. The summed E-state index contributed by atoms with van der Waals surface area (Å²) in [5, 5.41) is 3.94. The minimum absolute atomic E-state index is 0.182. The van der Waals surface area contributed by atoms with Crippen molar-refractivity contribution in [2.75, 3.05) is 18.0 Å². The van der Waals surface area contributed by atoms with E-state index in [1.165, 1.54) is 11.8 Å². The Balaban J connectivity index is 1.76. The summed E-state index contributed by atoms with van der Waals surface area (Å²) in [6.45, 7) is 5.88. The lowest BCUT2D eigenvalue weighted by Gasteiger charge is -2.16. The summed E-state index contributed by atoms with van der Waals surface area (Å²) >= 11 is 7.15. The van der Waals surface area contributed by atoms with Crippen molar-refractivity contribution in [3.63, 3.8) is 0 Å². The van der Waals surface area contributed by atoms with Gasteiger partial charge in [0.15, 0.2) is 11.1 Å². The van der Waals surface area contributed by atoms with Crippen LogP contribution in [0.25, 0.3) is 6.08 Å². The van der Waals surface area contributed by atoms with Crippen LogP contribution < -0.4 is 10.2 Å². The molecule has 0 spiro atoms. The van der Waals surface area contributed by atoms with Crippen LogP contribution in [0.4, 0.5) is 11.6 Å². The highest BCUT2D eigenvalue weighted by Crippen LogP contribution is 2.29. The van der Waals surface area contributed by atoms with Crippen LogP contribution in [0.15, 0.2) is 50.7 Å². The van der Waals surface area contributed by atoms with Crippen LogP contribution in [0, 0.1) is 0 Å². The van der Waals surface area contributed by atoms with E-state index >= 15 is 0 Å². The van der Waals surface area contributed by atoms with Gasteiger partial charge in [0.2, 0.25) is 0 Å². The average molecular weight is 376 g/mol. The molecule has 1 fully saturated rings. The zero-order valence-corrected chi connectivity index (χ0v) is 15.5. The summed E-state index contributed by atoms with van der Waals surface area (Å²) in [5.41, 5.74) is 0.732. The number of furan rings is 1. The van der Waals surface area contributed by atoms with Crippen molar-refractivity contribution in [2.24, 2.45) is 4.99 Å². The van der Waals surface area contributed by atoms with Crippen LogP contribution in [-0.2, 0) is 4.79 Å². The molecule has 1 aromatic carbocycles. The quantitative estimate of drug-likeness (QED) is 0.771. The molecule has 2 aromatic rings. The average Bonchev–Trinajstić information content (AvgIpc) is 3.19. The lowest BCUT2D eigenvalue weighted by molar-refractivity contribution is -0.115. The molecular weight excluding hydrogens is 358 g/mol. The second-order valence-corrected chi connectivity index (χ2v) is 6.77. The summed E-state index contributed by atoms with van der Waals surface area (Å²) in [7, 11) is 0. The molecule has 1 N–H and O–H groups in total. The zero-order chi connectivity index (χ0) is 17.8. The van der Waals surface area contributed by atoms with Gasteiger partial charge >= 0.3 is 0 Å². The van der Waals surface area contributed by atoms with Crippen LogP contribution in [0.3, 0.4) is 0 Å². The zero-order valence-electron chi connectivity index (χ0n) is 14.0. The van der Waals surface area contributed by atoms with Crippen LogP contribution in [-0.4, -0.2) is 24.2 Å². The van der Waals surface area contributed by atoms with Crippen molar-refractivity contribution in [1.29, 1.82) is 0 Å². The van der Waals surface area contributed by atoms with E-state index in [-0.39, 0.29) is 5.91 Å². The Morgan fingerprint density at radius 3 is 2.60 bits per heavy atom. The summed E-state index contributed by atoms with van der Waals surface area (Å²) in [6.07, 6.45) is 1.73. The van der Waals surface area contributed by atoms with Crippen molar-refractivity contribution in [2.45, 2.75) is 13.8 Å². The predicted octanol–water partition coefficient (Wildman–Crippen LogP) is 4.67. The highest BCUT2D eigenvalue weighted by Gasteiger charge is 2.24. The Bertz CT molecular complexity index is 823. The number of anilines is 1. The molecule has 1 aliphatic heterocycles. The minimum Gasteiger partial charge on any atom is -0.441 e. The lowest BCUT2D eigenvalue weighted by atomic mass is 10.3. The van der Waals surface area contributed by atoms with E-state index in [4.69, 9.17) is 16.0 Å². The Labute approximate surface area is 155 Å². The number of nitrogens with one attached hydrogen (secondary N) is 1. The molecule has 0 bridgehead atoms. The monoisotopic (exact) mass is 375 g/mol. The minimum atomic E-state index is -0.182. The molecule has 1 aliphatic rings. The van der Waals surface area contributed by atoms with Crippen LogP contribution >= 0.6 is 23.4 Å². The molecule has 25 heavy (non-hydrogen) atoms. The van der Waals surface area contributed by atoms with Gasteiger partial charge in [0.05, 0.1) is 10.6 Å². The number of carbonyl (C=O) groups excluding carboxylic acids is 1. The highest BCUT2D eigenvalue weighted by molar-refractivity contribution is 8.18. The predicted molar refractivity (Wildman–Crippen MR) is 105 cm³/mol. The molecule has 7 heteroatoms. The molecule has 3 rings (SSSR count). The number of hydrogen-bond donors (Lipinski definition) is 1. The van der Waals surface area contributed by atoms with E-state index in [0.29, 0.717) is 20.9 Å². The number of aliphatic imine (C=N–C) groups is 1. The molecule has 0 saturated carbocycles. The fourth-order valence-electron chi connectivity index (χ4n) is 2.37. The molecule has 0 unspecified atom stereocenters. The van der Waals surface area contributed by atoms with E-state index < -0.39 is 0 Å². The van der Waals surface area contributed by atoms with Gasteiger partial charge in [-0.05, 0) is 55.9 Å². The van der Waals surface area contributed by atoms with Crippen molar-refractivity contribution >= 4 is 52.1 Å². The van der Waals surface area contributed by atoms with Crippen molar-refractivity contribution < 1.29 is 9.21 Å². The van der Waals surface area contributed by atoms with Crippen molar-refractivity contribution in [3.8, 4) is 0 Å². The van der Waals surface area contributed by atoms with Gasteiger partial charge in [0, 0.05) is 30.3 Å². The third kappa shape index (κ3) is 4.27. The van der Waals surface area contributed by atoms with Gasteiger partial charge in [-0.3, -0.25) is 4.79 Å². The first kappa shape index (κ1) is 17.6. The van der Waals surface area contributed by atoms with Crippen LogP contribution in [0.2, 0.25) is 5.02 Å². The fraction of sp³-hybridized carbons (Fsp3) is 0.222. The third-order valence-corrected chi connectivity index (χ3v) is 4.83. The van der Waals surface area contributed by atoms with Crippen LogP contribution in [0.1, 0.15) is 19.6 Å². The third-order valence-electron chi connectivity index (χ3n) is 3.67. The van der Waals surface area contributed by atoms with Gasteiger partial charge in [0.25, 0.3) is 5.91 Å². The Morgan fingerprint density at radius 2 is 1.92 bits per heavy atom. The smallest absolute Gasteiger partial charge is 0.264 e. The fourth-order valence-corrected chi connectivity index (χ4v) is 3.32. The maximum absolute atomic E-state index is 12.1. The first-order valence-electron chi connectivity index (χ1n) is 7.99. The number of rotatable bonds is 5. The maximum atomic E-state index is 12.1. The summed E-state index contributed by atoms with van der Waals surface area (Å²) in [5.74, 6) is 1.26. The van der Waals surface area contributed by atoms with Crippen LogP contribution in [0.5, 0.6) is 0 Å². The molecule has 1 amide bonds.